The third kappa shape index (κ3) is 9.88. The maximum Gasteiger partial charge on any atom is 0.0701 e. The van der Waals surface area contributed by atoms with E-state index in [4.69, 9.17) is 14.2 Å². The third-order valence-electron chi connectivity index (χ3n) is 1.36. The molecule has 0 amide bonds. The molecular formula is C9H20O3. The molecule has 0 saturated carbocycles. The maximum absolute atomic E-state index is 4.94. The zero-order valence-electron chi connectivity index (χ0n) is 8.55. The summed E-state index contributed by atoms with van der Waals surface area (Å²) in [4.78, 5) is 0. The van der Waals surface area contributed by atoms with Gasteiger partial charge in [0.1, 0.15) is 0 Å². The molecule has 3 nitrogen and oxygen atoms in total. The maximum atomic E-state index is 4.94. The lowest BCUT2D eigenvalue weighted by Crippen LogP contribution is -2.16. The van der Waals surface area contributed by atoms with Gasteiger partial charge in [0.05, 0.1) is 32.0 Å². The van der Waals surface area contributed by atoms with Crippen LogP contribution in [0.15, 0.2) is 0 Å². The van der Waals surface area contributed by atoms with E-state index in [1.165, 1.54) is 0 Å². The highest BCUT2D eigenvalue weighted by Crippen LogP contribution is 2.02. The van der Waals surface area contributed by atoms with Gasteiger partial charge in [0.25, 0.3) is 0 Å². The second-order valence-corrected chi connectivity index (χ2v) is 3.54. The highest BCUT2D eigenvalue weighted by Gasteiger charge is 2.04. The Hall–Kier alpha value is -0.120. The van der Waals surface area contributed by atoms with Crippen molar-refractivity contribution < 1.29 is 14.2 Å². The first-order chi connectivity index (χ1) is 5.56. The fourth-order valence-electron chi connectivity index (χ4n) is 0.440. The summed E-state index contributed by atoms with van der Waals surface area (Å²) >= 11 is 0. The molecule has 0 N–H and O–H groups in total. The van der Waals surface area contributed by atoms with Crippen LogP contribution in [0, 0.1) is 0 Å². The van der Waals surface area contributed by atoms with E-state index in [9.17, 15) is 0 Å². The molecule has 0 radical (unpaired) electrons. The summed E-state index contributed by atoms with van der Waals surface area (Å²) in [5, 5.41) is 0. The Kier molecular flexibility index (Phi) is 6.34. The SMILES string of the molecule is C1COCCO1.COC(C)(C)C. The largest absolute Gasteiger partial charge is 0.379 e. The van der Waals surface area contributed by atoms with E-state index in [-0.39, 0.29) is 5.60 Å². The van der Waals surface area contributed by atoms with Gasteiger partial charge in [-0.25, -0.2) is 0 Å². The van der Waals surface area contributed by atoms with Gasteiger partial charge in [-0.15, -0.1) is 0 Å². The van der Waals surface area contributed by atoms with E-state index in [1.54, 1.807) is 7.11 Å². The molecule has 12 heavy (non-hydrogen) atoms. The van der Waals surface area contributed by atoms with Crippen molar-refractivity contribution >= 4 is 0 Å². The van der Waals surface area contributed by atoms with Crippen molar-refractivity contribution in [3.8, 4) is 0 Å². The van der Waals surface area contributed by atoms with Crippen molar-refractivity contribution in [2.45, 2.75) is 26.4 Å². The summed E-state index contributed by atoms with van der Waals surface area (Å²) in [6.45, 7) is 9.17. The van der Waals surface area contributed by atoms with Gasteiger partial charge in [0, 0.05) is 7.11 Å². The summed E-state index contributed by atoms with van der Waals surface area (Å²) in [7, 11) is 1.71. The molecule has 1 heterocycles. The minimum absolute atomic E-state index is 0.0417. The minimum atomic E-state index is 0.0417. The number of rotatable bonds is 0. The van der Waals surface area contributed by atoms with Crippen molar-refractivity contribution in [3.63, 3.8) is 0 Å². The fraction of sp³-hybridized carbons (Fsp3) is 1.00. The molecular weight excluding hydrogens is 156 g/mol. The quantitative estimate of drug-likeness (QED) is 0.559. The van der Waals surface area contributed by atoms with Crippen LogP contribution in [0.3, 0.4) is 0 Å². The summed E-state index contributed by atoms with van der Waals surface area (Å²) in [6.07, 6.45) is 0. The topological polar surface area (TPSA) is 27.7 Å². The second-order valence-electron chi connectivity index (χ2n) is 3.54. The molecule has 3 heteroatoms. The average molecular weight is 176 g/mol. The lowest BCUT2D eigenvalue weighted by molar-refractivity contribution is -0.0334. The van der Waals surface area contributed by atoms with Gasteiger partial charge in [-0.3, -0.25) is 0 Å². The Morgan fingerprint density at radius 1 is 0.917 bits per heavy atom. The normalized spacial score (nSPS) is 18.0. The predicted octanol–water partition coefficient (Wildman–Crippen LogP) is 1.46. The van der Waals surface area contributed by atoms with Gasteiger partial charge < -0.3 is 14.2 Å². The van der Waals surface area contributed by atoms with Gasteiger partial charge >= 0.3 is 0 Å². The molecule has 0 atom stereocenters. The first kappa shape index (κ1) is 11.9. The molecule has 1 aliphatic heterocycles. The number of hydrogen-bond acceptors (Lipinski definition) is 3. The van der Waals surface area contributed by atoms with Crippen LogP contribution in [0.1, 0.15) is 20.8 Å². The van der Waals surface area contributed by atoms with E-state index in [0.717, 1.165) is 26.4 Å². The number of ether oxygens (including phenoxy) is 3. The lowest BCUT2D eigenvalue weighted by Gasteiger charge is -2.14. The molecule has 1 aliphatic rings. The molecule has 74 valence electrons. The van der Waals surface area contributed by atoms with E-state index in [1.807, 2.05) is 20.8 Å². The first-order valence-electron chi connectivity index (χ1n) is 4.27. The average Bonchev–Trinajstić information content (AvgIpc) is 2.07. The van der Waals surface area contributed by atoms with Crippen molar-refractivity contribution in [1.29, 1.82) is 0 Å². The fourth-order valence-corrected chi connectivity index (χ4v) is 0.440. The van der Waals surface area contributed by atoms with Crippen LogP contribution in [-0.4, -0.2) is 39.1 Å². The highest BCUT2D eigenvalue weighted by atomic mass is 16.6. The lowest BCUT2D eigenvalue weighted by atomic mass is 10.2. The molecule has 0 aromatic heterocycles. The Morgan fingerprint density at radius 3 is 1.25 bits per heavy atom. The summed E-state index contributed by atoms with van der Waals surface area (Å²) < 4.78 is 14.8. The molecule has 0 aliphatic carbocycles. The predicted molar refractivity (Wildman–Crippen MR) is 48.4 cm³/mol. The van der Waals surface area contributed by atoms with Crippen molar-refractivity contribution in [2.75, 3.05) is 33.5 Å². The summed E-state index contributed by atoms with van der Waals surface area (Å²) in [5.41, 5.74) is 0.0417. The number of hydrogen-bond donors (Lipinski definition) is 0. The van der Waals surface area contributed by atoms with E-state index >= 15 is 0 Å². The van der Waals surface area contributed by atoms with Gasteiger partial charge in [0.15, 0.2) is 0 Å². The van der Waals surface area contributed by atoms with Gasteiger partial charge in [-0.05, 0) is 20.8 Å². The smallest absolute Gasteiger partial charge is 0.0701 e. The van der Waals surface area contributed by atoms with Gasteiger partial charge in [0.2, 0.25) is 0 Å². The first-order valence-corrected chi connectivity index (χ1v) is 4.27. The Morgan fingerprint density at radius 2 is 1.17 bits per heavy atom. The third-order valence-corrected chi connectivity index (χ3v) is 1.36. The second kappa shape index (κ2) is 6.40. The van der Waals surface area contributed by atoms with Crippen LogP contribution in [-0.2, 0) is 14.2 Å². The van der Waals surface area contributed by atoms with Crippen molar-refractivity contribution in [1.82, 2.24) is 0 Å². The molecule has 1 rings (SSSR count). The minimum Gasteiger partial charge on any atom is -0.379 e. The zero-order chi connectivity index (χ0) is 9.45. The van der Waals surface area contributed by atoms with Crippen molar-refractivity contribution in [2.24, 2.45) is 0 Å². The molecule has 0 aromatic carbocycles. The molecule has 0 unspecified atom stereocenters. The van der Waals surface area contributed by atoms with Gasteiger partial charge in [-0.2, -0.15) is 0 Å². The van der Waals surface area contributed by atoms with Crippen LogP contribution in [0.4, 0.5) is 0 Å². The van der Waals surface area contributed by atoms with Crippen LogP contribution in [0.2, 0.25) is 0 Å². The van der Waals surface area contributed by atoms with Crippen molar-refractivity contribution in [3.05, 3.63) is 0 Å². The standard InChI is InChI=1S/C5H12O.C4H8O2/c1-5(2,3)6-4;1-2-6-4-3-5-1/h1-4H3;1-4H2. The van der Waals surface area contributed by atoms with Crippen LogP contribution in [0.25, 0.3) is 0 Å². The molecule has 1 saturated heterocycles. The van der Waals surface area contributed by atoms with E-state index in [2.05, 4.69) is 0 Å². The zero-order valence-corrected chi connectivity index (χ0v) is 8.55. The Labute approximate surface area is 75.0 Å². The number of methoxy groups -OCH3 is 1. The van der Waals surface area contributed by atoms with Gasteiger partial charge in [-0.1, -0.05) is 0 Å². The monoisotopic (exact) mass is 176 g/mol. The summed E-state index contributed by atoms with van der Waals surface area (Å²) in [6, 6.07) is 0. The van der Waals surface area contributed by atoms with Crippen LogP contribution < -0.4 is 0 Å². The Bertz CT molecular complexity index is 80.9. The molecule has 1 fully saturated rings. The van der Waals surface area contributed by atoms with E-state index in [0.29, 0.717) is 0 Å². The molecule has 0 bridgehead atoms. The molecule has 0 spiro atoms. The highest BCUT2D eigenvalue weighted by molar-refractivity contribution is 4.55. The van der Waals surface area contributed by atoms with E-state index < -0.39 is 0 Å². The van der Waals surface area contributed by atoms with Crippen LogP contribution in [0.5, 0.6) is 0 Å². The molecule has 0 aromatic rings. The van der Waals surface area contributed by atoms with Crippen LogP contribution >= 0.6 is 0 Å². The Balaban J connectivity index is 0.000000202. The summed E-state index contributed by atoms with van der Waals surface area (Å²) in [5.74, 6) is 0.